The molecule has 1 unspecified atom stereocenters. The second-order valence-corrected chi connectivity index (χ2v) is 4.04. The van der Waals surface area contributed by atoms with Crippen molar-refractivity contribution in [3.05, 3.63) is 11.4 Å². The van der Waals surface area contributed by atoms with E-state index in [2.05, 4.69) is 20.6 Å². The lowest BCUT2D eigenvalue weighted by Gasteiger charge is -2.19. The van der Waals surface area contributed by atoms with Crippen molar-refractivity contribution in [3.63, 3.8) is 0 Å². The van der Waals surface area contributed by atoms with Crippen molar-refractivity contribution in [1.82, 2.24) is 9.97 Å². The second kappa shape index (κ2) is 7.13. The molecule has 1 heterocycles. The van der Waals surface area contributed by atoms with E-state index >= 15 is 0 Å². The molecular weight excluding hydrogens is 232 g/mol. The lowest BCUT2D eigenvalue weighted by molar-refractivity contribution is 0.153. The SMILES string of the molecule is CCc1nc(NC)c(C)c(NC(CO)COC)n1. The number of hydrogen-bond donors (Lipinski definition) is 3. The summed E-state index contributed by atoms with van der Waals surface area (Å²) in [6, 6.07) is -0.169. The molecule has 1 atom stereocenters. The van der Waals surface area contributed by atoms with Gasteiger partial charge in [0, 0.05) is 26.1 Å². The van der Waals surface area contributed by atoms with Gasteiger partial charge in [-0.25, -0.2) is 9.97 Å². The number of anilines is 2. The van der Waals surface area contributed by atoms with Gasteiger partial charge in [0.1, 0.15) is 17.5 Å². The van der Waals surface area contributed by atoms with Crippen molar-refractivity contribution in [3.8, 4) is 0 Å². The van der Waals surface area contributed by atoms with Crippen molar-refractivity contribution in [1.29, 1.82) is 0 Å². The fraction of sp³-hybridized carbons (Fsp3) is 0.667. The van der Waals surface area contributed by atoms with E-state index in [1.807, 2.05) is 20.9 Å². The van der Waals surface area contributed by atoms with E-state index < -0.39 is 0 Å². The summed E-state index contributed by atoms with van der Waals surface area (Å²) in [6.45, 7) is 4.37. The molecule has 0 bridgehead atoms. The number of aryl methyl sites for hydroxylation is 1. The van der Waals surface area contributed by atoms with Gasteiger partial charge < -0.3 is 20.5 Å². The zero-order valence-corrected chi connectivity index (χ0v) is 11.4. The predicted molar refractivity (Wildman–Crippen MR) is 72.1 cm³/mol. The van der Waals surface area contributed by atoms with Crippen molar-refractivity contribution < 1.29 is 9.84 Å². The summed E-state index contributed by atoms with van der Waals surface area (Å²) in [4.78, 5) is 8.83. The third kappa shape index (κ3) is 3.54. The highest BCUT2D eigenvalue weighted by atomic mass is 16.5. The fourth-order valence-corrected chi connectivity index (χ4v) is 1.64. The molecule has 0 saturated heterocycles. The summed E-state index contributed by atoms with van der Waals surface area (Å²) in [5.41, 5.74) is 0.934. The maximum Gasteiger partial charge on any atom is 0.135 e. The van der Waals surface area contributed by atoms with Gasteiger partial charge in [-0.3, -0.25) is 0 Å². The van der Waals surface area contributed by atoms with Gasteiger partial charge >= 0.3 is 0 Å². The first-order chi connectivity index (χ1) is 8.65. The summed E-state index contributed by atoms with van der Waals surface area (Å²) in [5, 5.41) is 15.5. The standard InChI is InChI=1S/C12H22N4O2/c1-5-10-15-11(13-3)8(2)12(16-10)14-9(6-17)7-18-4/h9,17H,5-7H2,1-4H3,(H2,13,14,15,16). The lowest BCUT2D eigenvalue weighted by atomic mass is 10.2. The first kappa shape index (κ1) is 14.7. The Bertz CT molecular complexity index is 385. The molecule has 6 heteroatoms. The number of rotatable bonds is 7. The van der Waals surface area contributed by atoms with Crippen LogP contribution in [0.1, 0.15) is 18.3 Å². The van der Waals surface area contributed by atoms with Crippen LogP contribution in [0.5, 0.6) is 0 Å². The first-order valence-corrected chi connectivity index (χ1v) is 6.07. The Morgan fingerprint density at radius 2 is 2.00 bits per heavy atom. The molecule has 18 heavy (non-hydrogen) atoms. The van der Waals surface area contributed by atoms with Gasteiger partial charge in [0.15, 0.2) is 0 Å². The maximum absolute atomic E-state index is 9.26. The Kier molecular flexibility index (Phi) is 5.80. The Labute approximate surface area is 108 Å². The van der Waals surface area contributed by atoms with Crippen LogP contribution in [0.3, 0.4) is 0 Å². The number of methoxy groups -OCH3 is 1. The normalized spacial score (nSPS) is 12.3. The molecule has 0 spiro atoms. The van der Waals surface area contributed by atoms with Gasteiger partial charge in [-0.1, -0.05) is 6.92 Å². The van der Waals surface area contributed by atoms with Crippen LogP contribution in [0.4, 0.5) is 11.6 Å². The summed E-state index contributed by atoms with van der Waals surface area (Å²) >= 11 is 0. The highest BCUT2D eigenvalue weighted by molar-refractivity contribution is 5.57. The van der Waals surface area contributed by atoms with Crippen molar-refractivity contribution in [2.75, 3.05) is 38.0 Å². The summed E-state index contributed by atoms with van der Waals surface area (Å²) < 4.78 is 5.04. The molecule has 1 aromatic heterocycles. The second-order valence-electron chi connectivity index (χ2n) is 4.04. The van der Waals surface area contributed by atoms with Gasteiger partial charge in [0.25, 0.3) is 0 Å². The van der Waals surface area contributed by atoms with E-state index in [1.165, 1.54) is 0 Å². The van der Waals surface area contributed by atoms with Gasteiger partial charge in [0.2, 0.25) is 0 Å². The number of hydrogen-bond acceptors (Lipinski definition) is 6. The summed E-state index contributed by atoms with van der Waals surface area (Å²) in [6.07, 6.45) is 0.762. The minimum absolute atomic E-state index is 0.00632. The van der Waals surface area contributed by atoms with Crippen LogP contribution in [0.2, 0.25) is 0 Å². The Hall–Kier alpha value is -1.40. The van der Waals surface area contributed by atoms with Crippen LogP contribution < -0.4 is 10.6 Å². The quantitative estimate of drug-likeness (QED) is 0.668. The minimum Gasteiger partial charge on any atom is -0.394 e. The Morgan fingerprint density at radius 3 is 2.50 bits per heavy atom. The largest absolute Gasteiger partial charge is 0.394 e. The smallest absolute Gasteiger partial charge is 0.135 e. The fourth-order valence-electron chi connectivity index (χ4n) is 1.64. The molecule has 1 aromatic rings. The summed E-state index contributed by atoms with van der Waals surface area (Å²) in [5.74, 6) is 2.31. The van der Waals surface area contributed by atoms with Crippen LogP contribution in [-0.2, 0) is 11.2 Å². The lowest BCUT2D eigenvalue weighted by Crippen LogP contribution is -2.30. The average Bonchev–Trinajstić information content (AvgIpc) is 2.40. The van der Waals surface area contributed by atoms with Crippen LogP contribution in [-0.4, -0.2) is 48.5 Å². The number of nitrogens with zero attached hydrogens (tertiary/aromatic N) is 2. The van der Waals surface area contributed by atoms with E-state index in [0.29, 0.717) is 6.61 Å². The van der Waals surface area contributed by atoms with E-state index in [0.717, 1.165) is 29.4 Å². The molecule has 0 fully saturated rings. The van der Waals surface area contributed by atoms with Crippen LogP contribution >= 0.6 is 0 Å². The van der Waals surface area contributed by atoms with Gasteiger partial charge in [-0.05, 0) is 6.92 Å². The topological polar surface area (TPSA) is 79.3 Å². The van der Waals surface area contributed by atoms with Crippen LogP contribution in [0, 0.1) is 6.92 Å². The van der Waals surface area contributed by atoms with Crippen molar-refractivity contribution in [2.45, 2.75) is 26.3 Å². The number of ether oxygens (including phenoxy) is 1. The maximum atomic E-state index is 9.26. The van der Waals surface area contributed by atoms with Crippen molar-refractivity contribution in [2.24, 2.45) is 0 Å². The molecule has 0 aliphatic heterocycles. The van der Waals surface area contributed by atoms with Gasteiger partial charge in [-0.2, -0.15) is 0 Å². The zero-order valence-electron chi connectivity index (χ0n) is 11.4. The highest BCUT2D eigenvalue weighted by Crippen LogP contribution is 2.20. The molecule has 0 aromatic carbocycles. The zero-order chi connectivity index (χ0) is 13.5. The predicted octanol–water partition coefficient (Wildman–Crippen LogP) is 0.808. The molecule has 102 valence electrons. The van der Waals surface area contributed by atoms with Crippen LogP contribution in [0.15, 0.2) is 0 Å². The molecule has 0 radical (unpaired) electrons. The molecule has 0 saturated carbocycles. The monoisotopic (exact) mass is 254 g/mol. The first-order valence-electron chi connectivity index (χ1n) is 6.07. The molecule has 6 nitrogen and oxygen atoms in total. The number of aliphatic hydroxyl groups excluding tert-OH is 1. The minimum atomic E-state index is -0.169. The highest BCUT2D eigenvalue weighted by Gasteiger charge is 2.13. The summed E-state index contributed by atoms with van der Waals surface area (Å²) in [7, 11) is 3.44. The molecule has 0 aliphatic rings. The van der Waals surface area contributed by atoms with E-state index in [-0.39, 0.29) is 12.6 Å². The van der Waals surface area contributed by atoms with E-state index in [4.69, 9.17) is 4.74 Å². The van der Waals surface area contributed by atoms with Crippen LogP contribution in [0.25, 0.3) is 0 Å². The van der Waals surface area contributed by atoms with Crippen molar-refractivity contribution >= 4 is 11.6 Å². The number of aromatic nitrogens is 2. The van der Waals surface area contributed by atoms with Gasteiger partial charge in [-0.15, -0.1) is 0 Å². The third-order valence-electron chi connectivity index (χ3n) is 2.67. The number of nitrogens with one attached hydrogen (secondary N) is 2. The molecule has 3 N–H and O–H groups in total. The molecule has 1 rings (SSSR count). The molecular formula is C12H22N4O2. The average molecular weight is 254 g/mol. The van der Waals surface area contributed by atoms with E-state index in [1.54, 1.807) is 7.11 Å². The Morgan fingerprint density at radius 1 is 1.33 bits per heavy atom. The molecule has 0 aliphatic carbocycles. The Balaban J connectivity index is 2.98. The number of aliphatic hydroxyl groups is 1. The molecule has 0 amide bonds. The third-order valence-corrected chi connectivity index (χ3v) is 2.67. The van der Waals surface area contributed by atoms with Gasteiger partial charge in [0.05, 0.1) is 19.3 Å². The van der Waals surface area contributed by atoms with E-state index in [9.17, 15) is 5.11 Å².